The maximum atomic E-state index is 14.2. The Bertz CT molecular complexity index is 815. The third-order valence-electron chi connectivity index (χ3n) is 2.58. The first-order valence-corrected chi connectivity index (χ1v) is 5.71. The van der Waals surface area contributed by atoms with Gasteiger partial charge in [-0.3, -0.25) is 0 Å². The molecule has 11 heteroatoms. The van der Waals surface area contributed by atoms with Crippen molar-refractivity contribution in [2.75, 3.05) is 11.5 Å². The molecule has 1 heterocycles. The molecule has 120 valence electrons. The number of nitrogens with zero attached hydrogens (tertiary/aromatic N) is 3. The van der Waals surface area contributed by atoms with Gasteiger partial charge in [-0.25, -0.2) is 13.8 Å². The van der Waals surface area contributed by atoms with Gasteiger partial charge in [0.25, 0.3) is 0 Å². The fourth-order valence-corrected chi connectivity index (χ4v) is 1.74. The first-order valence-electron chi connectivity index (χ1n) is 5.71. The highest BCUT2D eigenvalue weighted by Gasteiger charge is 2.34. The number of hydrogen-bond acceptors (Lipinski definition) is 6. The van der Waals surface area contributed by atoms with Gasteiger partial charge in [0.05, 0.1) is 5.56 Å². The minimum absolute atomic E-state index is 0.446. The molecule has 1 aromatic carbocycles. The van der Waals surface area contributed by atoms with E-state index < -0.39 is 52.3 Å². The molecule has 0 unspecified atom stereocenters. The number of rotatable bonds is 2. The molecule has 0 amide bonds. The summed E-state index contributed by atoms with van der Waals surface area (Å²) in [5, 5.41) is 8.98. The van der Waals surface area contributed by atoms with Crippen LogP contribution in [-0.2, 0) is 0 Å². The molecule has 0 saturated heterocycles. The van der Waals surface area contributed by atoms with E-state index in [4.69, 9.17) is 16.7 Å². The molecule has 4 N–H and O–H groups in total. The van der Waals surface area contributed by atoms with E-state index in [0.29, 0.717) is 12.1 Å². The normalized spacial score (nSPS) is 11.1. The number of nitriles is 1. The van der Waals surface area contributed by atoms with E-state index >= 15 is 0 Å². The monoisotopic (exact) mass is 331 g/mol. The molecule has 0 aliphatic rings. The van der Waals surface area contributed by atoms with Crippen LogP contribution >= 0.6 is 0 Å². The molecule has 0 atom stereocenters. The number of nitrogens with two attached hydrogens (primary N) is 2. The standard InChI is InChI=1S/C12H6F5N5O/c13-5-1-2-6(23-12(15,16)17)8(14)7(5)9-4(3-18)10(19)22-11(20)21-9/h1-2H,(H4,19,20,21,22). The van der Waals surface area contributed by atoms with Crippen LogP contribution in [0.4, 0.5) is 33.7 Å². The lowest BCUT2D eigenvalue weighted by Crippen LogP contribution is -2.18. The van der Waals surface area contributed by atoms with Crippen LogP contribution in [0.2, 0.25) is 0 Å². The van der Waals surface area contributed by atoms with Crippen LogP contribution in [0.1, 0.15) is 5.56 Å². The topological polar surface area (TPSA) is 111 Å². The van der Waals surface area contributed by atoms with Gasteiger partial charge in [-0.2, -0.15) is 10.2 Å². The van der Waals surface area contributed by atoms with Crippen LogP contribution in [0, 0.1) is 23.0 Å². The molecule has 0 aliphatic heterocycles. The number of hydrogen-bond donors (Lipinski definition) is 2. The van der Waals surface area contributed by atoms with Crippen LogP contribution in [0.5, 0.6) is 5.75 Å². The van der Waals surface area contributed by atoms with E-state index in [0.717, 1.165) is 0 Å². The zero-order valence-corrected chi connectivity index (χ0v) is 10.9. The van der Waals surface area contributed by atoms with E-state index in [1.807, 2.05) is 0 Å². The van der Waals surface area contributed by atoms with Crippen LogP contribution in [-0.4, -0.2) is 16.3 Å². The summed E-state index contributed by atoms with van der Waals surface area (Å²) in [4.78, 5) is 6.92. The Morgan fingerprint density at radius 1 is 1.13 bits per heavy atom. The number of benzene rings is 1. The molecule has 23 heavy (non-hydrogen) atoms. The molecule has 0 radical (unpaired) electrons. The minimum atomic E-state index is -5.20. The third kappa shape index (κ3) is 3.20. The smallest absolute Gasteiger partial charge is 0.403 e. The van der Waals surface area contributed by atoms with Crippen LogP contribution in [0.25, 0.3) is 11.3 Å². The molecule has 0 bridgehead atoms. The predicted octanol–water partition coefficient (Wildman–Crippen LogP) is 2.36. The zero-order valence-electron chi connectivity index (χ0n) is 10.9. The average Bonchev–Trinajstić information content (AvgIpc) is 2.40. The van der Waals surface area contributed by atoms with Crippen LogP contribution in [0.15, 0.2) is 12.1 Å². The van der Waals surface area contributed by atoms with Crippen LogP contribution < -0.4 is 16.2 Å². The van der Waals surface area contributed by atoms with Gasteiger partial charge in [-0.05, 0) is 12.1 Å². The quantitative estimate of drug-likeness (QED) is 0.817. The molecule has 0 spiro atoms. The van der Waals surface area contributed by atoms with Crippen molar-refractivity contribution in [1.29, 1.82) is 5.26 Å². The summed E-state index contributed by atoms with van der Waals surface area (Å²) in [6, 6.07) is 2.48. The number of nitrogen functional groups attached to an aromatic ring is 2. The van der Waals surface area contributed by atoms with Crippen molar-refractivity contribution in [3.05, 3.63) is 29.3 Å². The molecule has 0 fully saturated rings. The SMILES string of the molecule is N#Cc1c(N)nc(N)nc1-c1c(F)ccc(OC(F)(F)F)c1F. The van der Waals surface area contributed by atoms with Crippen molar-refractivity contribution in [2.45, 2.75) is 6.36 Å². The van der Waals surface area contributed by atoms with E-state index in [1.54, 1.807) is 0 Å². The Morgan fingerprint density at radius 3 is 2.35 bits per heavy atom. The average molecular weight is 331 g/mol. The summed E-state index contributed by atoms with van der Waals surface area (Å²) in [6.45, 7) is 0. The summed E-state index contributed by atoms with van der Waals surface area (Å²) in [5.41, 5.74) is 8.43. The summed E-state index contributed by atoms with van der Waals surface area (Å²) in [6.07, 6.45) is -5.20. The van der Waals surface area contributed by atoms with Gasteiger partial charge in [0, 0.05) is 0 Å². The largest absolute Gasteiger partial charge is 0.573 e. The van der Waals surface area contributed by atoms with Gasteiger partial charge in [0.2, 0.25) is 5.95 Å². The lowest BCUT2D eigenvalue weighted by molar-refractivity contribution is -0.275. The highest BCUT2D eigenvalue weighted by atomic mass is 19.4. The fourth-order valence-electron chi connectivity index (χ4n) is 1.74. The van der Waals surface area contributed by atoms with Gasteiger partial charge < -0.3 is 16.2 Å². The molecular weight excluding hydrogens is 325 g/mol. The lowest BCUT2D eigenvalue weighted by Gasteiger charge is -2.13. The molecular formula is C12H6F5N5O. The summed E-state index contributed by atoms with van der Waals surface area (Å²) in [7, 11) is 0. The molecule has 1 aromatic heterocycles. The Hall–Kier alpha value is -3.16. The third-order valence-corrected chi connectivity index (χ3v) is 2.58. The van der Waals surface area contributed by atoms with Crippen molar-refractivity contribution in [3.63, 3.8) is 0 Å². The summed E-state index contributed by atoms with van der Waals surface area (Å²) >= 11 is 0. The summed E-state index contributed by atoms with van der Waals surface area (Å²) < 4.78 is 68.3. The highest BCUT2D eigenvalue weighted by molar-refractivity contribution is 5.74. The van der Waals surface area contributed by atoms with Crippen molar-refractivity contribution < 1.29 is 26.7 Å². The van der Waals surface area contributed by atoms with Gasteiger partial charge in [-0.1, -0.05) is 0 Å². The lowest BCUT2D eigenvalue weighted by atomic mass is 10.1. The fraction of sp³-hybridized carbons (Fsp3) is 0.0833. The minimum Gasteiger partial charge on any atom is -0.403 e. The zero-order chi connectivity index (χ0) is 17.4. The van der Waals surface area contributed by atoms with E-state index in [9.17, 15) is 22.0 Å². The van der Waals surface area contributed by atoms with Crippen molar-refractivity contribution in [3.8, 4) is 23.1 Å². The highest BCUT2D eigenvalue weighted by Crippen LogP contribution is 2.36. The Kier molecular flexibility index (Phi) is 3.92. The van der Waals surface area contributed by atoms with Crippen molar-refractivity contribution >= 4 is 11.8 Å². The molecule has 0 aliphatic carbocycles. The number of aromatic nitrogens is 2. The van der Waals surface area contributed by atoms with E-state index in [-0.39, 0.29) is 0 Å². The first kappa shape index (κ1) is 16.2. The van der Waals surface area contributed by atoms with E-state index in [2.05, 4.69) is 14.7 Å². The maximum absolute atomic E-state index is 14.2. The second-order valence-electron chi connectivity index (χ2n) is 4.08. The maximum Gasteiger partial charge on any atom is 0.573 e. The van der Waals surface area contributed by atoms with Crippen molar-refractivity contribution in [1.82, 2.24) is 9.97 Å². The van der Waals surface area contributed by atoms with Gasteiger partial charge >= 0.3 is 6.36 Å². The van der Waals surface area contributed by atoms with Crippen molar-refractivity contribution in [2.24, 2.45) is 0 Å². The van der Waals surface area contributed by atoms with Crippen LogP contribution in [0.3, 0.4) is 0 Å². The molecule has 2 rings (SSSR count). The predicted molar refractivity (Wildman–Crippen MR) is 67.6 cm³/mol. The number of alkyl halides is 3. The molecule has 6 nitrogen and oxygen atoms in total. The van der Waals surface area contributed by atoms with E-state index in [1.165, 1.54) is 6.07 Å². The Labute approximate surface area is 125 Å². The molecule has 0 saturated carbocycles. The van der Waals surface area contributed by atoms with Gasteiger partial charge in [0.1, 0.15) is 29.0 Å². The number of halogens is 5. The number of anilines is 2. The van der Waals surface area contributed by atoms with Gasteiger partial charge in [0.15, 0.2) is 11.6 Å². The second-order valence-corrected chi connectivity index (χ2v) is 4.08. The van der Waals surface area contributed by atoms with Gasteiger partial charge in [-0.15, -0.1) is 13.2 Å². The number of ether oxygens (including phenoxy) is 1. The summed E-state index contributed by atoms with van der Waals surface area (Å²) in [5.74, 6) is -5.29. The second kappa shape index (κ2) is 5.56. The molecule has 2 aromatic rings. The Morgan fingerprint density at radius 2 is 1.78 bits per heavy atom. The Balaban J connectivity index is 2.75. The first-order chi connectivity index (χ1) is 10.6.